The minimum Gasteiger partial charge on any atom is -0.331 e. The smallest absolute Gasteiger partial charge is 0.0950 e. The summed E-state index contributed by atoms with van der Waals surface area (Å²) in [6.07, 6.45) is 13.7. The van der Waals surface area contributed by atoms with Gasteiger partial charge in [-0.05, 0) is 38.1 Å². The molecule has 0 spiro atoms. The Labute approximate surface area is 116 Å². The molecule has 0 radical (unpaired) electrons. The topological polar surface area (TPSA) is 29.9 Å². The number of rotatable bonds is 3. The van der Waals surface area contributed by atoms with Gasteiger partial charge in [-0.2, -0.15) is 0 Å². The van der Waals surface area contributed by atoms with Crippen molar-refractivity contribution in [2.45, 2.75) is 63.8 Å². The summed E-state index contributed by atoms with van der Waals surface area (Å²) in [5.41, 5.74) is 1.48. The van der Waals surface area contributed by atoms with Crippen molar-refractivity contribution in [3.05, 3.63) is 18.2 Å². The lowest BCUT2D eigenvalue weighted by molar-refractivity contribution is 0.254. The van der Waals surface area contributed by atoms with Gasteiger partial charge in [0.15, 0.2) is 0 Å². The van der Waals surface area contributed by atoms with Gasteiger partial charge in [0.25, 0.3) is 0 Å². The van der Waals surface area contributed by atoms with Crippen molar-refractivity contribution >= 4 is 0 Å². The van der Waals surface area contributed by atoms with E-state index in [1.165, 1.54) is 57.2 Å². The first kappa shape index (κ1) is 13.2. The first-order valence-electron chi connectivity index (χ1n) is 8.11. The molecule has 3 unspecified atom stereocenters. The van der Waals surface area contributed by atoms with Gasteiger partial charge in [-0.25, -0.2) is 4.98 Å². The quantitative estimate of drug-likeness (QED) is 0.902. The predicted octanol–water partition coefficient (Wildman–Crippen LogP) is 3.49. The Bertz CT molecular complexity index is 392. The maximum atomic E-state index is 4.46. The van der Waals surface area contributed by atoms with Crippen molar-refractivity contribution in [3.63, 3.8) is 0 Å². The summed E-state index contributed by atoms with van der Waals surface area (Å²) in [5.74, 6) is 1.61. The lowest BCUT2D eigenvalue weighted by Crippen LogP contribution is -2.30. The van der Waals surface area contributed by atoms with Gasteiger partial charge in [0.2, 0.25) is 0 Å². The third-order valence-electron chi connectivity index (χ3n) is 5.14. The van der Waals surface area contributed by atoms with E-state index in [2.05, 4.69) is 34.3 Å². The highest BCUT2D eigenvalue weighted by atomic mass is 15.1. The fraction of sp³-hybridized carbons (Fsp3) is 0.812. The molecular weight excluding hydrogens is 234 g/mol. The molecule has 0 aromatic carbocycles. The minimum absolute atomic E-state index is 0.679. The fourth-order valence-corrected chi connectivity index (χ4v) is 3.93. The zero-order valence-corrected chi connectivity index (χ0v) is 12.1. The molecular formula is C16H27N3. The normalized spacial score (nSPS) is 32.4. The van der Waals surface area contributed by atoms with Crippen molar-refractivity contribution in [2.75, 3.05) is 13.1 Å². The van der Waals surface area contributed by atoms with Crippen LogP contribution in [0, 0.1) is 5.92 Å². The largest absolute Gasteiger partial charge is 0.331 e. The molecule has 2 heterocycles. The Hall–Kier alpha value is -0.830. The summed E-state index contributed by atoms with van der Waals surface area (Å²) in [5, 5.41) is 3.53. The van der Waals surface area contributed by atoms with Crippen LogP contribution in [-0.2, 0) is 0 Å². The molecule has 3 atom stereocenters. The molecule has 1 aromatic heterocycles. The van der Waals surface area contributed by atoms with Crippen LogP contribution in [0.25, 0.3) is 0 Å². The number of piperidine rings is 1. The molecule has 1 N–H and O–H groups in total. The van der Waals surface area contributed by atoms with E-state index in [-0.39, 0.29) is 0 Å². The van der Waals surface area contributed by atoms with Crippen LogP contribution in [0.1, 0.15) is 69.5 Å². The highest BCUT2D eigenvalue weighted by Crippen LogP contribution is 2.36. The monoisotopic (exact) mass is 261 g/mol. The lowest BCUT2D eigenvalue weighted by atomic mass is 9.83. The fourth-order valence-electron chi connectivity index (χ4n) is 3.93. The second kappa shape index (κ2) is 6.08. The van der Waals surface area contributed by atoms with E-state index in [4.69, 9.17) is 0 Å². The van der Waals surface area contributed by atoms with Gasteiger partial charge >= 0.3 is 0 Å². The van der Waals surface area contributed by atoms with Crippen molar-refractivity contribution in [2.24, 2.45) is 5.92 Å². The van der Waals surface area contributed by atoms with Gasteiger partial charge in [0.1, 0.15) is 0 Å². The SMILES string of the molecule is CCC1CCCC(n2cncc2C2CCCNC2)C1. The molecule has 1 aliphatic carbocycles. The van der Waals surface area contributed by atoms with Crippen LogP contribution in [0.4, 0.5) is 0 Å². The van der Waals surface area contributed by atoms with Gasteiger partial charge in [-0.1, -0.05) is 26.2 Å². The van der Waals surface area contributed by atoms with Gasteiger partial charge < -0.3 is 9.88 Å². The first-order valence-corrected chi connectivity index (χ1v) is 8.11. The first-order chi connectivity index (χ1) is 9.38. The summed E-state index contributed by atoms with van der Waals surface area (Å²) >= 11 is 0. The second-order valence-corrected chi connectivity index (χ2v) is 6.36. The zero-order chi connectivity index (χ0) is 13.1. The molecule has 1 saturated carbocycles. The van der Waals surface area contributed by atoms with E-state index in [9.17, 15) is 0 Å². The summed E-state index contributed by atoms with van der Waals surface area (Å²) in [4.78, 5) is 4.46. The van der Waals surface area contributed by atoms with Crippen molar-refractivity contribution in [1.82, 2.24) is 14.9 Å². The van der Waals surface area contributed by atoms with Crippen LogP contribution in [0.2, 0.25) is 0 Å². The zero-order valence-electron chi connectivity index (χ0n) is 12.1. The number of nitrogens with one attached hydrogen (secondary N) is 1. The molecule has 1 aromatic rings. The van der Waals surface area contributed by atoms with E-state index in [1.54, 1.807) is 0 Å². The highest BCUT2D eigenvalue weighted by Gasteiger charge is 2.26. The third kappa shape index (κ3) is 2.86. The minimum atomic E-state index is 0.679. The van der Waals surface area contributed by atoms with E-state index in [1.807, 2.05) is 0 Å². The van der Waals surface area contributed by atoms with Crippen LogP contribution < -0.4 is 5.32 Å². The van der Waals surface area contributed by atoms with Crippen LogP contribution in [-0.4, -0.2) is 22.6 Å². The van der Waals surface area contributed by atoms with Crippen LogP contribution in [0.15, 0.2) is 12.5 Å². The average molecular weight is 261 g/mol. The lowest BCUT2D eigenvalue weighted by Gasteiger charge is -2.32. The van der Waals surface area contributed by atoms with Crippen LogP contribution >= 0.6 is 0 Å². The number of hydrogen-bond acceptors (Lipinski definition) is 2. The standard InChI is InChI=1S/C16H27N3/c1-2-13-5-3-7-15(9-13)19-12-18-11-16(19)14-6-4-8-17-10-14/h11-15,17H,2-10H2,1H3. The van der Waals surface area contributed by atoms with E-state index in [0.29, 0.717) is 12.0 Å². The summed E-state index contributed by atoms with van der Waals surface area (Å²) in [6.45, 7) is 4.66. The molecule has 1 aliphatic heterocycles. The van der Waals surface area contributed by atoms with Crippen LogP contribution in [0.3, 0.4) is 0 Å². The van der Waals surface area contributed by atoms with Crippen LogP contribution in [0.5, 0.6) is 0 Å². The van der Waals surface area contributed by atoms with Gasteiger partial charge in [-0.15, -0.1) is 0 Å². The molecule has 1 saturated heterocycles. The van der Waals surface area contributed by atoms with E-state index in [0.717, 1.165) is 12.5 Å². The van der Waals surface area contributed by atoms with Crippen molar-refractivity contribution < 1.29 is 0 Å². The Kier molecular flexibility index (Phi) is 4.21. The maximum absolute atomic E-state index is 4.46. The number of imidazole rings is 1. The number of hydrogen-bond donors (Lipinski definition) is 1. The molecule has 2 fully saturated rings. The molecule has 19 heavy (non-hydrogen) atoms. The average Bonchev–Trinajstić information content (AvgIpc) is 2.98. The summed E-state index contributed by atoms with van der Waals surface area (Å²) in [6, 6.07) is 0.707. The van der Waals surface area contributed by atoms with E-state index >= 15 is 0 Å². The molecule has 2 aliphatic rings. The maximum Gasteiger partial charge on any atom is 0.0950 e. The Balaban J connectivity index is 1.75. The Morgan fingerprint density at radius 2 is 2.26 bits per heavy atom. The molecule has 0 amide bonds. The number of nitrogens with zero attached hydrogens (tertiary/aromatic N) is 2. The summed E-state index contributed by atoms with van der Waals surface area (Å²) < 4.78 is 2.51. The highest BCUT2D eigenvalue weighted by molar-refractivity contribution is 5.10. The Morgan fingerprint density at radius 1 is 1.32 bits per heavy atom. The van der Waals surface area contributed by atoms with Gasteiger partial charge in [0, 0.05) is 30.4 Å². The molecule has 3 rings (SSSR count). The molecule has 3 heteroatoms. The predicted molar refractivity (Wildman–Crippen MR) is 78.4 cm³/mol. The molecule has 3 nitrogen and oxygen atoms in total. The molecule has 106 valence electrons. The van der Waals surface area contributed by atoms with Gasteiger partial charge in [-0.3, -0.25) is 0 Å². The van der Waals surface area contributed by atoms with Gasteiger partial charge in [0.05, 0.1) is 6.33 Å². The second-order valence-electron chi connectivity index (χ2n) is 6.36. The Morgan fingerprint density at radius 3 is 3.05 bits per heavy atom. The van der Waals surface area contributed by atoms with Crippen molar-refractivity contribution in [1.29, 1.82) is 0 Å². The van der Waals surface area contributed by atoms with E-state index < -0.39 is 0 Å². The van der Waals surface area contributed by atoms with Crippen molar-refractivity contribution in [3.8, 4) is 0 Å². The summed E-state index contributed by atoms with van der Waals surface area (Å²) in [7, 11) is 0. The molecule has 0 bridgehead atoms. The number of aromatic nitrogens is 2. The third-order valence-corrected chi connectivity index (χ3v) is 5.14.